The molecule has 4 heteroatoms. The number of pyridine rings is 1. The molecular weight excluding hydrogens is 229 g/mol. The second-order valence-corrected chi connectivity index (χ2v) is 4.03. The second-order valence-electron chi connectivity index (χ2n) is 4.03. The van der Waals surface area contributed by atoms with E-state index in [0.717, 1.165) is 5.56 Å². The van der Waals surface area contributed by atoms with E-state index in [2.05, 4.69) is 4.98 Å². The Morgan fingerprint density at radius 3 is 2.89 bits per heavy atom. The molecule has 0 saturated carbocycles. The molecule has 0 N–H and O–H groups in total. The number of nitriles is 1. The summed E-state index contributed by atoms with van der Waals surface area (Å²) >= 11 is 0. The number of benzene rings is 1. The Bertz CT molecular complexity index is 575. The summed E-state index contributed by atoms with van der Waals surface area (Å²) in [6.07, 6.45) is 3.47. The molecule has 18 heavy (non-hydrogen) atoms. The summed E-state index contributed by atoms with van der Waals surface area (Å²) in [4.78, 5) is 5.91. The molecule has 0 aliphatic carbocycles. The van der Waals surface area contributed by atoms with Crippen LogP contribution in [0.25, 0.3) is 0 Å². The molecule has 2 rings (SSSR count). The van der Waals surface area contributed by atoms with Crippen molar-refractivity contribution in [1.82, 2.24) is 4.98 Å². The van der Waals surface area contributed by atoms with Gasteiger partial charge in [-0.2, -0.15) is 5.26 Å². The van der Waals surface area contributed by atoms with Crippen LogP contribution in [0.4, 0.5) is 10.1 Å². The van der Waals surface area contributed by atoms with Gasteiger partial charge >= 0.3 is 0 Å². The monoisotopic (exact) mass is 241 g/mol. The Morgan fingerprint density at radius 1 is 1.39 bits per heavy atom. The molecule has 0 aliphatic heterocycles. The van der Waals surface area contributed by atoms with Crippen LogP contribution in [0.15, 0.2) is 42.7 Å². The first-order valence-electron chi connectivity index (χ1n) is 5.50. The van der Waals surface area contributed by atoms with Crippen molar-refractivity contribution in [2.45, 2.75) is 6.54 Å². The maximum absolute atomic E-state index is 13.3. The van der Waals surface area contributed by atoms with E-state index in [1.807, 2.05) is 30.1 Å². The van der Waals surface area contributed by atoms with E-state index in [1.54, 1.807) is 18.5 Å². The lowest BCUT2D eigenvalue weighted by Crippen LogP contribution is -2.16. The molecule has 0 unspecified atom stereocenters. The minimum Gasteiger partial charge on any atom is -0.370 e. The zero-order valence-corrected chi connectivity index (χ0v) is 9.97. The fraction of sp³-hybridized carbons (Fsp3) is 0.143. The largest absolute Gasteiger partial charge is 0.370 e. The lowest BCUT2D eigenvalue weighted by Gasteiger charge is -2.19. The van der Waals surface area contributed by atoms with Gasteiger partial charge in [0.1, 0.15) is 5.82 Å². The Hall–Kier alpha value is -2.41. The molecule has 0 aliphatic rings. The quantitative estimate of drug-likeness (QED) is 0.829. The van der Waals surface area contributed by atoms with E-state index >= 15 is 0 Å². The summed E-state index contributed by atoms with van der Waals surface area (Å²) in [5, 5.41) is 8.81. The first-order chi connectivity index (χ1) is 8.69. The molecule has 1 aromatic carbocycles. The van der Waals surface area contributed by atoms with Crippen molar-refractivity contribution in [3.8, 4) is 6.07 Å². The van der Waals surface area contributed by atoms with E-state index < -0.39 is 5.82 Å². The maximum atomic E-state index is 13.3. The normalized spacial score (nSPS) is 9.83. The summed E-state index contributed by atoms with van der Waals surface area (Å²) in [7, 11) is 1.85. The van der Waals surface area contributed by atoms with Crippen molar-refractivity contribution >= 4 is 5.69 Å². The number of anilines is 1. The van der Waals surface area contributed by atoms with Gasteiger partial charge in [-0.1, -0.05) is 6.07 Å². The topological polar surface area (TPSA) is 39.9 Å². The van der Waals surface area contributed by atoms with Crippen LogP contribution < -0.4 is 4.90 Å². The second kappa shape index (κ2) is 5.28. The average molecular weight is 241 g/mol. The summed E-state index contributed by atoms with van der Waals surface area (Å²) in [6, 6.07) is 10.1. The summed E-state index contributed by atoms with van der Waals surface area (Å²) in [6.45, 7) is 0.613. The van der Waals surface area contributed by atoms with Crippen LogP contribution in [0.2, 0.25) is 0 Å². The first-order valence-corrected chi connectivity index (χ1v) is 5.50. The Balaban J connectivity index is 2.21. The standard InChI is InChI=1S/C14H12FN3/c1-18(10-11-3-2-4-17-9-11)14-6-12(8-16)5-13(15)7-14/h2-7,9H,10H2,1H3. The number of aromatic nitrogens is 1. The van der Waals surface area contributed by atoms with E-state index in [1.165, 1.54) is 12.1 Å². The van der Waals surface area contributed by atoms with Crippen LogP contribution in [0.1, 0.15) is 11.1 Å². The van der Waals surface area contributed by atoms with Gasteiger partial charge in [0, 0.05) is 31.7 Å². The third-order valence-corrected chi connectivity index (χ3v) is 2.59. The number of nitrogens with zero attached hydrogens (tertiary/aromatic N) is 3. The highest BCUT2D eigenvalue weighted by Crippen LogP contribution is 2.18. The molecule has 0 spiro atoms. The minimum atomic E-state index is -0.401. The molecule has 0 bridgehead atoms. The fourth-order valence-electron chi connectivity index (χ4n) is 1.72. The summed E-state index contributed by atoms with van der Waals surface area (Å²) < 4.78 is 13.3. The number of hydrogen-bond donors (Lipinski definition) is 0. The van der Waals surface area contributed by atoms with Crippen LogP contribution in [-0.4, -0.2) is 12.0 Å². The van der Waals surface area contributed by atoms with Crippen molar-refractivity contribution in [2.75, 3.05) is 11.9 Å². The van der Waals surface area contributed by atoms with Crippen molar-refractivity contribution < 1.29 is 4.39 Å². The van der Waals surface area contributed by atoms with Crippen LogP contribution in [0.3, 0.4) is 0 Å². The smallest absolute Gasteiger partial charge is 0.126 e. The van der Waals surface area contributed by atoms with Gasteiger partial charge in [0.25, 0.3) is 0 Å². The molecule has 1 aromatic heterocycles. The molecule has 0 amide bonds. The Morgan fingerprint density at radius 2 is 2.22 bits per heavy atom. The summed E-state index contributed by atoms with van der Waals surface area (Å²) in [5.74, 6) is -0.401. The van der Waals surface area contributed by atoms with Gasteiger partial charge in [0.2, 0.25) is 0 Å². The van der Waals surface area contributed by atoms with Crippen LogP contribution in [-0.2, 0) is 6.54 Å². The van der Waals surface area contributed by atoms with Crippen molar-refractivity contribution in [2.24, 2.45) is 0 Å². The predicted molar refractivity (Wildman–Crippen MR) is 67.5 cm³/mol. The molecule has 2 aromatic rings. The van der Waals surface area contributed by atoms with Gasteiger partial charge in [0.15, 0.2) is 0 Å². The molecule has 1 heterocycles. The van der Waals surface area contributed by atoms with Gasteiger partial charge in [-0.25, -0.2) is 4.39 Å². The lowest BCUT2D eigenvalue weighted by atomic mass is 10.2. The zero-order chi connectivity index (χ0) is 13.0. The van der Waals surface area contributed by atoms with Gasteiger partial charge in [-0.15, -0.1) is 0 Å². The van der Waals surface area contributed by atoms with Crippen molar-refractivity contribution in [1.29, 1.82) is 5.26 Å². The predicted octanol–water partition coefficient (Wildman–Crippen LogP) is 2.73. The SMILES string of the molecule is CN(Cc1cccnc1)c1cc(F)cc(C#N)c1. The first kappa shape index (κ1) is 12.1. The molecule has 0 fully saturated rings. The Kier molecular flexibility index (Phi) is 3.54. The fourth-order valence-corrected chi connectivity index (χ4v) is 1.72. The van der Waals surface area contributed by atoms with Crippen molar-refractivity contribution in [3.05, 3.63) is 59.7 Å². The zero-order valence-electron chi connectivity index (χ0n) is 9.97. The van der Waals surface area contributed by atoms with Crippen LogP contribution >= 0.6 is 0 Å². The molecule has 0 atom stereocenters. The average Bonchev–Trinajstić information content (AvgIpc) is 2.39. The summed E-state index contributed by atoms with van der Waals surface area (Å²) in [5.41, 5.74) is 2.03. The highest BCUT2D eigenvalue weighted by Gasteiger charge is 2.06. The van der Waals surface area contributed by atoms with Crippen LogP contribution in [0.5, 0.6) is 0 Å². The highest BCUT2D eigenvalue weighted by atomic mass is 19.1. The highest BCUT2D eigenvalue weighted by molar-refractivity contribution is 5.51. The van der Waals surface area contributed by atoms with Gasteiger partial charge in [0.05, 0.1) is 11.6 Å². The third-order valence-electron chi connectivity index (χ3n) is 2.59. The minimum absolute atomic E-state index is 0.322. The lowest BCUT2D eigenvalue weighted by molar-refractivity contribution is 0.626. The number of hydrogen-bond acceptors (Lipinski definition) is 3. The van der Waals surface area contributed by atoms with Gasteiger partial charge in [-0.3, -0.25) is 4.98 Å². The molecule has 90 valence electrons. The van der Waals surface area contributed by atoms with Gasteiger partial charge in [-0.05, 0) is 29.8 Å². The number of halogens is 1. The Labute approximate surface area is 105 Å². The third kappa shape index (κ3) is 2.83. The van der Waals surface area contributed by atoms with Gasteiger partial charge < -0.3 is 4.90 Å². The van der Waals surface area contributed by atoms with E-state index in [0.29, 0.717) is 17.8 Å². The van der Waals surface area contributed by atoms with E-state index in [4.69, 9.17) is 5.26 Å². The molecule has 0 radical (unpaired) electrons. The molecule has 3 nitrogen and oxygen atoms in total. The van der Waals surface area contributed by atoms with Crippen molar-refractivity contribution in [3.63, 3.8) is 0 Å². The molecular formula is C14H12FN3. The van der Waals surface area contributed by atoms with E-state index in [9.17, 15) is 4.39 Å². The van der Waals surface area contributed by atoms with Crippen LogP contribution in [0, 0.1) is 17.1 Å². The number of rotatable bonds is 3. The molecule has 0 saturated heterocycles. The maximum Gasteiger partial charge on any atom is 0.126 e. The van der Waals surface area contributed by atoms with E-state index in [-0.39, 0.29) is 0 Å².